The van der Waals surface area contributed by atoms with Gasteiger partial charge in [0, 0.05) is 5.56 Å². The van der Waals surface area contributed by atoms with Gasteiger partial charge >= 0.3 is 5.97 Å². The fraction of sp³-hybridized carbons (Fsp3) is 0.100. The van der Waals surface area contributed by atoms with Crippen LogP contribution in [0.15, 0.2) is 29.2 Å². The van der Waals surface area contributed by atoms with Gasteiger partial charge < -0.3 is 9.84 Å². The van der Waals surface area contributed by atoms with Crippen molar-refractivity contribution in [2.24, 2.45) is 0 Å². The Hall–Kier alpha value is -1.42. The summed E-state index contributed by atoms with van der Waals surface area (Å²) in [5.41, 5.74) is 0.697. The van der Waals surface area contributed by atoms with E-state index in [4.69, 9.17) is 9.84 Å². The maximum atomic E-state index is 10.5. The average Bonchev–Trinajstić information content (AvgIpc) is 2.18. The molecule has 0 aliphatic rings. The number of benzene rings is 1. The van der Waals surface area contributed by atoms with E-state index in [1.807, 2.05) is 6.07 Å². The molecule has 0 heterocycles. The van der Waals surface area contributed by atoms with Crippen molar-refractivity contribution in [1.29, 1.82) is 0 Å². The molecule has 0 fully saturated rings. The second kappa shape index (κ2) is 4.72. The van der Waals surface area contributed by atoms with Crippen LogP contribution in [0.5, 0.6) is 5.75 Å². The number of carboxylic acid groups (broad SMARTS) is 1. The van der Waals surface area contributed by atoms with Crippen LogP contribution in [-0.4, -0.2) is 18.2 Å². The van der Waals surface area contributed by atoms with Crippen molar-refractivity contribution in [2.45, 2.75) is 0 Å². The molecule has 0 atom stereocenters. The Kier molecular flexibility index (Phi) is 3.59. The zero-order valence-electron chi connectivity index (χ0n) is 7.60. The lowest BCUT2D eigenvalue weighted by molar-refractivity contribution is -0.131. The van der Waals surface area contributed by atoms with Gasteiger partial charge in [-0.2, -0.15) is 0 Å². The molecular formula is C10H10O3S. The number of methoxy groups -OCH3 is 1. The van der Waals surface area contributed by atoms with Gasteiger partial charge in [-0.15, -0.1) is 12.6 Å². The third-order valence-corrected chi connectivity index (χ3v) is 1.97. The first-order valence-electron chi connectivity index (χ1n) is 3.92. The second-order valence-corrected chi connectivity index (χ2v) is 3.06. The van der Waals surface area contributed by atoms with E-state index >= 15 is 0 Å². The monoisotopic (exact) mass is 210 g/mol. The molecular weight excluding hydrogens is 200 g/mol. The Labute approximate surface area is 87.4 Å². The minimum atomic E-state index is -1.06. The van der Waals surface area contributed by atoms with Gasteiger partial charge in [0.15, 0.2) is 0 Å². The molecule has 0 unspecified atom stereocenters. The van der Waals surface area contributed by atoms with Gasteiger partial charge in [0.2, 0.25) is 0 Å². The molecule has 4 heteroatoms. The first kappa shape index (κ1) is 10.7. The highest BCUT2D eigenvalue weighted by Gasteiger charge is 2.03. The van der Waals surface area contributed by atoms with E-state index in [0.717, 1.165) is 0 Å². The fourth-order valence-electron chi connectivity index (χ4n) is 0.995. The second-order valence-electron chi connectivity index (χ2n) is 2.58. The molecule has 1 aromatic rings. The summed E-state index contributed by atoms with van der Waals surface area (Å²) in [5.74, 6) is -0.431. The average molecular weight is 210 g/mol. The maximum Gasteiger partial charge on any atom is 0.341 e. The van der Waals surface area contributed by atoms with Crippen molar-refractivity contribution in [1.82, 2.24) is 0 Å². The first-order valence-corrected chi connectivity index (χ1v) is 4.37. The Bertz CT molecular complexity index is 371. The standard InChI is InChI=1S/C10H10O3S/c1-13-8-5-3-2-4-7(8)6-9(14)10(11)12/h2-6,14H,1H3,(H,11,12)/b9-6-. The summed E-state index contributed by atoms with van der Waals surface area (Å²) in [6.45, 7) is 0. The molecule has 0 radical (unpaired) electrons. The van der Waals surface area contributed by atoms with Crippen LogP contribution in [0.1, 0.15) is 5.56 Å². The van der Waals surface area contributed by atoms with E-state index in [1.54, 1.807) is 18.2 Å². The van der Waals surface area contributed by atoms with E-state index in [-0.39, 0.29) is 4.91 Å². The zero-order valence-corrected chi connectivity index (χ0v) is 8.49. The molecule has 0 saturated carbocycles. The summed E-state index contributed by atoms with van der Waals surface area (Å²) in [6, 6.07) is 7.14. The molecule has 74 valence electrons. The Balaban J connectivity index is 3.07. The SMILES string of the molecule is COc1ccccc1/C=C(\S)C(=O)O. The summed E-state index contributed by atoms with van der Waals surface area (Å²) in [6.07, 6.45) is 1.45. The van der Waals surface area contributed by atoms with Crippen LogP contribution in [0.25, 0.3) is 6.08 Å². The first-order chi connectivity index (χ1) is 6.65. The smallest absolute Gasteiger partial charge is 0.341 e. The number of para-hydroxylation sites is 1. The number of rotatable bonds is 3. The van der Waals surface area contributed by atoms with Crippen LogP contribution < -0.4 is 4.74 Å². The summed E-state index contributed by atoms with van der Waals surface area (Å²) in [7, 11) is 1.53. The number of hydrogen-bond acceptors (Lipinski definition) is 3. The van der Waals surface area contributed by atoms with Crippen LogP contribution in [0, 0.1) is 0 Å². The normalized spacial score (nSPS) is 11.1. The highest BCUT2D eigenvalue weighted by Crippen LogP contribution is 2.21. The summed E-state index contributed by atoms with van der Waals surface area (Å²) < 4.78 is 5.05. The molecule has 0 saturated heterocycles. The van der Waals surface area contributed by atoms with E-state index in [1.165, 1.54) is 13.2 Å². The molecule has 0 bridgehead atoms. The maximum absolute atomic E-state index is 10.5. The highest BCUT2D eigenvalue weighted by atomic mass is 32.1. The highest BCUT2D eigenvalue weighted by molar-refractivity contribution is 7.85. The zero-order chi connectivity index (χ0) is 10.6. The molecule has 0 spiro atoms. The molecule has 1 N–H and O–H groups in total. The van der Waals surface area contributed by atoms with Gasteiger partial charge in [0.25, 0.3) is 0 Å². The van der Waals surface area contributed by atoms with Gasteiger partial charge in [0.1, 0.15) is 5.75 Å². The largest absolute Gasteiger partial charge is 0.496 e. The summed E-state index contributed by atoms with van der Waals surface area (Å²) in [4.78, 5) is 10.5. The number of ether oxygens (including phenoxy) is 1. The van der Waals surface area contributed by atoms with E-state index < -0.39 is 5.97 Å². The summed E-state index contributed by atoms with van der Waals surface area (Å²) in [5, 5.41) is 8.62. The molecule has 1 aromatic carbocycles. The van der Waals surface area contributed by atoms with Gasteiger partial charge in [-0.25, -0.2) is 4.79 Å². The lowest BCUT2D eigenvalue weighted by atomic mass is 10.2. The van der Waals surface area contributed by atoms with Crippen molar-refractivity contribution >= 4 is 24.7 Å². The Morgan fingerprint density at radius 1 is 1.50 bits per heavy atom. The molecule has 3 nitrogen and oxygen atoms in total. The van der Waals surface area contributed by atoms with E-state index in [2.05, 4.69) is 12.6 Å². The van der Waals surface area contributed by atoms with Crippen LogP contribution in [0.3, 0.4) is 0 Å². The molecule has 14 heavy (non-hydrogen) atoms. The third-order valence-electron chi connectivity index (χ3n) is 1.65. The third kappa shape index (κ3) is 2.53. The lowest BCUT2D eigenvalue weighted by Crippen LogP contribution is -1.94. The molecule has 0 aliphatic heterocycles. The van der Waals surface area contributed by atoms with Crippen LogP contribution in [0.2, 0.25) is 0 Å². The Morgan fingerprint density at radius 3 is 2.71 bits per heavy atom. The quantitative estimate of drug-likeness (QED) is 0.593. The minimum absolute atomic E-state index is 0.0190. The number of aliphatic carboxylic acids is 1. The molecule has 1 rings (SSSR count). The Morgan fingerprint density at radius 2 is 2.14 bits per heavy atom. The number of carboxylic acids is 1. The van der Waals surface area contributed by atoms with E-state index in [9.17, 15) is 4.79 Å². The van der Waals surface area contributed by atoms with Gasteiger partial charge in [-0.1, -0.05) is 18.2 Å². The van der Waals surface area contributed by atoms with Crippen molar-refractivity contribution in [3.8, 4) is 5.75 Å². The van der Waals surface area contributed by atoms with E-state index in [0.29, 0.717) is 11.3 Å². The molecule has 0 amide bonds. The number of thiol groups is 1. The van der Waals surface area contributed by atoms with Crippen molar-refractivity contribution in [2.75, 3.05) is 7.11 Å². The van der Waals surface area contributed by atoms with Crippen LogP contribution in [-0.2, 0) is 4.79 Å². The lowest BCUT2D eigenvalue weighted by Gasteiger charge is -2.03. The van der Waals surface area contributed by atoms with Crippen LogP contribution in [0.4, 0.5) is 0 Å². The molecule has 0 aromatic heterocycles. The van der Waals surface area contributed by atoms with Crippen LogP contribution >= 0.6 is 12.6 Å². The van der Waals surface area contributed by atoms with Crippen molar-refractivity contribution < 1.29 is 14.6 Å². The number of hydrogen-bond donors (Lipinski definition) is 2. The fourth-order valence-corrected chi connectivity index (χ4v) is 1.13. The van der Waals surface area contributed by atoms with Crippen molar-refractivity contribution in [3.05, 3.63) is 34.7 Å². The minimum Gasteiger partial charge on any atom is -0.496 e. The van der Waals surface area contributed by atoms with Crippen molar-refractivity contribution in [3.63, 3.8) is 0 Å². The molecule has 0 aliphatic carbocycles. The van der Waals surface area contributed by atoms with Gasteiger partial charge in [0.05, 0.1) is 12.0 Å². The topological polar surface area (TPSA) is 46.5 Å². The van der Waals surface area contributed by atoms with Gasteiger partial charge in [-0.3, -0.25) is 0 Å². The number of carbonyl (C=O) groups is 1. The predicted octanol–water partition coefficient (Wildman–Crippen LogP) is 2.05. The predicted molar refractivity (Wildman–Crippen MR) is 57.6 cm³/mol. The summed E-state index contributed by atoms with van der Waals surface area (Å²) >= 11 is 3.83. The van der Waals surface area contributed by atoms with Gasteiger partial charge in [-0.05, 0) is 12.1 Å².